The monoisotopic (exact) mass is 278 g/mol. The molecular formula is C15H19FN2S. The summed E-state index contributed by atoms with van der Waals surface area (Å²) < 4.78 is 13.9. The summed E-state index contributed by atoms with van der Waals surface area (Å²) in [4.78, 5) is 5.45. The number of hydrogen-bond acceptors (Lipinski definition) is 3. The Labute approximate surface area is 117 Å². The maximum absolute atomic E-state index is 13.9. The Morgan fingerprint density at radius 3 is 2.58 bits per heavy atom. The number of aromatic nitrogens is 1. The highest BCUT2D eigenvalue weighted by atomic mass is 32.1. The minimum atomic E-state index is -0.160. The summed E-state index contributed by atoms with van der Waals surface area (Å²) in [5.74, 6) is -0.160. The van der Waals surface area contributed by atoms with Crippen molar-refractivity contribution in [3.05, 3.63) is 45.7 Å². The van der Waals surface area contributed by atoms with Crippen LogP contribution in [0.15, 0.2) is 18.2 Å². The molecule has 0 atom stereocenters. The fourth-order valence-corrected chi connectivity index (χ4v) is 3.11. The molecule has 1 aromatic heterocycles. The minimum Gasteiger partial charge on any atom is -0.375 e. The van der Waals surface area contributed by atoms with Gasteiger partial charge in [-0.1, -0.05) is 32.9 Å². The van der Waals surface area contributed by atoms with Crippen molar-refractivity contribution in [3.63, 3.8) is 0 Å². The van der Waals surface area contributed by atoms with Gasteiger partial charge in [0.1, 0.15) is 5.82 Å². The number of hydrogen-bond donors (Lipinski definition) is 1. The Kier molecular flexibility index (Phi) is 3.63. The van der Waals surface area contributed by atoms with Gasteiger partial charge in [0.25, 0.3) is 0 Å². The molecule has 2 N–H and O–H groups in total. The molecule has 19 heavy (non-hydrogen) atoms. The zero-order valence-electron chi connectivity index (χ0n) is 11.7. The average molecular weight is 278 g/mol. The first kappa shape index (κ1) is 14.0. The van der Waals surface area contributed by atoms with Crippen molar-refractivity contribution in [1.29, 1.82) is 0 Å². The van der Waals surface area contributed by atoms with E-state index in [1.54, 1.807) is 6.07 Å². The summed E-state index contributed by atoms with van der Waals surface area (Å²) in [6, 6.07) is 5.34. The van der Waals surface area contributed by atoms with Gasteiger partial charge >= 0.3 is 0 Å². The van der Waals surface area contributed by atoms with Crippen molar-refractivity contribution in [3.8, 4) is 0 Å². The third-order valence-corrected chi connectivity index (χ3v) is 3.87. The molecule has 4 heteroatoms. The lowest BCUT2D eigenvalue weighted by Crippen LogP contribution is -2.14. The van der Waals surface area contributed by atoms with E-state index in [2.05, 4.69) is 25.8 Å². The number of nitrogen functional groups attached to an aromatic ring is 1. The van der Waals surface area contributed by atoms with E-state index in [1.165, 1.54) is 11.3 Å². The smallest absolute Gasteiger partial charge is 0.180 e. The van der Waals surface area contributed by atoms with Crippen LogP contribution in [0.4, 0.5) is 9.52 Å². The Bertz CT molecular complexity index is 597. The van der Waals surface area contributed by atoms with Gasteiger partial charge in [0, 0.05) is 16.7 Å². The summed E-state index contributed by atoms with van der Waals surface area (Å²) in [6.07, 6.45) is 0.549. The largest absolute Gasteiger partial charge is 0.375 e. The average Bonchev–Trinajstić information content (AvgIpc) is 2.63. The SMILES string of the molecule is Cc1ccc(Cc2sc(N)nc2C(C)(C)C)c(F)c1. The second kappa shape index (κ2) is 4.93. The topological polar surface area (TPSA) is 38.9 Å². The molecule has 2 nitrogen and oxygen atoms in total. The van der Waals surface area contributed by atoms with Gasteiger partial charge in [-0.2, -0.15) is 0 Å². The molecule has 0 saturated heterocycles. The second-order valence-electron chi connectivity index (χ2n) is 5.85. The number of anilines is 1. The van der Waals surface area contributed by atoms with Gasteiger partial charge < -0.3 is 5.73 Å². The summed E-state index contributed by atoms with van der Waals surface area (Å²) in [5, 5.41) is 0.549. The molecule has 2 aromatic rings. The highest BCUT2D eigenvalue weighted by Gasteiger charge is 2.23. The van der Waals surface area contributed by atoms with Gasteiger partial charge in [0.2, 0.25) is 0 Å². The molecule has 0 spiro atoms. The molecule has 0 saturated carbocycles. The molecule has 0 unspecified atom stereocenters. The number of benzene rings is 1. The van der Waals surface area contributed by atoms with Crippen LogP contribution < -0.4 is 5.73 Å². The Morgan fingerprint density at radius 2 is 2.00 bits per heavy atom. The molecule has 0 fully saturated rings. The van der Waals surface area contributed by atoms with Crippen molar-refractivity contribution in [1.82, 2.24) is 4.98 Å². The fraction of sp³-hybridized carbons (Fsp3) is 0.400. The predicted octanol–water partition coefficient (Wildman–Crippen LogP) is 4.06. The molecule has 0 amide bonds. The molecule has 2 rings (SSSR count). The first-order valence-corrected chi connectivity index (χ1v) is 7.09. The summed E-state index contributed by atoms with van der Waals surface area (Å²) in [7, 11) is 0. The second-order valence-corrected chi connectivity index (χ2v) is 6.96. The minimum absolute atomic E-state index is 0.0787. The van der Waals surface area contributed by atoms with Gasteiger partial charge in [-0.15, -0.1) is 11.3 Å². The maximum atomic E-state index is 13.9. The van der Waals surface area contributed by atoms with Crippen LogP contribution in [0.2, 0.25) is 0 Å². The van der Waals surface area contributed by atoms with E-state index in [9.17, 15) is 4.39 Å². The van der Waals surface area contributed by atoms with E-state index in [4.69, 9.17) is 5.73 Å². The van der Waals surface area contributed by atoms with Crippen molar-refractivity contribution >= 4 is 16.5 Å². The van der Waals surface area contributed by atoms with Crippen LogP contribution >= 0.6 is 11.3 Å². The van der Waals surface area contributed by atoms with E-state index in [0.717, 1.165) is 16.1 Å². The van der Waals surface area contributed by atoms with Crippen LogP contribution in [0.5, 0.6) is 0 Å². The van der Waals surface area contributed by atoms with E-state index in [1.807, 2.05) is 19.1 Å². The van der Waals surface area contributed by atoms with Gasteiger partial charge in [0.05, 0.1) is 5.69 Å². The molecule has 0 bridgehead atoms. The molecule has 102 valence electrons. The number of thiazole rings is 1. The number of nitrogens with zero attached hydrogens (tertiary/aromatic N) is 1. The number of halogens is 1. The normalized spacial score (nSPS) is 11.8. The molecule has 1 aromatic carbocycles. The van der Waals surface area contributed by atoms with Crippen LogP contribution in [0.3, 0.4) is 0 Å². The van der Waals surface area contributed by atoms with Gasteiger partial charge in [-0.25, -0.2) is 9.37 Å². The van der Waals surface area contributed by atoms with E-state index < -0.39 is 0 Å². The van der Waals surface area contributed by atoms with E-state index in [-0.39, 0.29) is 11.2 Å². The van der Waals surface area contributed by atoms with Crippen LogP contribution in [-0.2, 0) is 11.8 Å². The van der Waals surface area contributed by atoms with Crippen molar-refractivity contribution < 1.29 is 4.39 Å². The third-order valence-electron chi connectivity index (χ3n) is 2.98. The fourth-order valence-electron chi connectivity index (χ4n) is 2.04. The van der Waals surface area contributed by atoms with Gasteiger partial charge in [-0.3, -0.25) is 0 Å². The van der Waals surface area contributed by atoms with Crippen molar-refractivity contribution in [2.45, 2.75) is 39.5 Å². The zero-order chi connectivity index (χ0) is 14.2. The highest BCUT2D eigenvalue weighted by Crippen LogP contribution is 2.32. The summed E-state index contributed by atoms with van der Waals surface area (Å²) in [5.41, 5.74) is 8.32. The lowest BCUT2D eigenvalue weighted by atomic mass is 9.90. The Hall–Kier alpha value is -1.42. The van der Waals surface area contributed by atoms with E-state index in [0.29, 0.717) is 17.1 Å². The summed E-state index contributed by atoms with van der Waals surface area (Å²) >= 11 is 1.45. The van der Waals surface area contributed by atoms with Crippen LogP contribution in [0.1, 0.15) is 42.5 Å². The first-order valence-electron chi connectivity index (χ1n) is 6.28. The molecule has 0 aliphatic carbocycles. The predicted molar refractivity (Wildman–Crippen MR) is 79.2 cm³/mol. The Balaban J connectivity index is 2.38. The molecule has 0 radical (unpaired) electrons. The van der Waals surface area contributed by atoms with Crippen molar-refractivity contribution in [2.24, 2.45) is 0 Å². The molecule has 0 aliphatic rings. The van der Waals surface area contributed by atoms with Crippen LogP contribution in [0.25, 0.3) is 0 Å². The van der Waals surface area contributed by atoms with Crippen LogP contribution in [0, 0.1) is 12.7 Å². The third kappa shape index (κ3) is 3.13. The van der Waals surface area contributed by atoms with Gasteiger partial charge in [0.15, 0.2) is 5.13 Å². The Morgan fingerprint density at radius 1 is 1.32 bits per heavy atom. The standard InChI is InChI=1S/C15H19FN2S/c1-9-5-6-10(11(16)7-9)8-12-13(15(2,3)4)18-14(17)19-12/h5-7H,8H2,1-4H3,(H2,17,18). The van der Waals surface area contributed by atoms with Crippen molar-refractivity contribution in [2.75, 3.05) is 5.73 Å². The summed E-state index contributed by atoms with van der Waals surface area (Å²) in [6.45, 7) is 8.17. The van der Waals surface area contributed by atoms with E-state index >= 15 is 0 Å². The highest BCUT2D eigenvalue weighted by molar-refractivity contribution is 7.15. The lowest BCUT2D eigenvalue weighted by molar-refractivity contribution is 0.566. The zero-order valence-corrected chi connectivity index (χ0v) is 12.6. The maximum Gasteiger partial charge on any atom is 0.180 e. The van der Waals surface area contributed by atoms with Gasteiger partial charge in [-0.05, 0) is 24.1 Å². The molecule has 0 aliphatic heterocycles. The molecular weight excluding hydrogens is 259 g/mol. The molecule has 1 heterocycles. The number of rotatable bonds is 2. The number of aryl methyl sites for hydroxylation is 1. The number of nitrogens with two attached hydrogens (primary N) is 1. The van der Waals surface area contributed by atoms with Crippen LogP contribution in [-0.4, -0.2) is 4.98 Å². The first-order chi connectivity index (χ1) is 8.77. The quantitative estimate of drug-likeness (QED) is 0.899. The lowest BCUT2D eigenvalue weighted by Gasteiger charge is -2.17.